The fourth-order valence-corrected chi connectivity index (χ4v) is 14.7. The Bertz CT molecular complexity index is 5150. The molecule has 0 aromatic heterocycles. The van der Waals surface area contributed by atoms with Crippen LogP contribution in [0.1, 0.15) is 25.0 Å². The number of fused-ring (bicyclic) bond motifs is 7. The molecule has 4 nitrogen and oxygen atoms in total. The molecule has 0 saturated heterocycles. The Balaban J connectivity index is 0.864. The Hall–Kier alpha value is -12.5. The normalized spacial score (nSPS) is 12.2. The average Bonchev–Trinajstić information content (AvgIpc) is 1.71. The highest BCUT2D eigenvalue weighted by Crippen LogP contribution is 2.55. The van der Waals surface area contributed by atoms with E-state index in [9.17, 15) is 0 Å². The largest absolute Gasteiger partial charge is 0.308 e. The summed E-state index contributed by atoms with van der Waals surface area (Å²) in [6.45, 7) is 4.13. The maximum Gasteiger partial charge on any atom is 0.158 e. The van der Waals surface area contributed by atoms with Crippen molar-refractivity contribution in [3.05, 3.63) is 374 Å². The van der Waals surface area contributed by atoms with Gasteiger partial charge in [-0.25, -0.2) is 17.6 Å². The van der Waals surface area contributed by atoms with E-state index in [1.54, 1.807) is 24.3 Å². The van der Waals surface area contributed by atoms with Gasteiger partial charge in [0.1, 0.15) is 0 Å². The maximum absolute atomic E-state index is 19.1. The summed E-state index contributed by atoms with van der Waals surface area (Å²) in [6.07, 6.45) is 0. The van der Waals surface area contributed by atoms with E-state index in [-0.39, 0.29) is 33.9 Å². The second-order valence-corrected chi connectivity index (χ2v) is 25.8. The lowest BCUT2D eigenvalue weighted by Crippen LogP contribution is -2.18. The Morgan fingerprint density at radius 3 is 0.697 bits per heavy atom. The Morgan fingerprint density at radius 1 is 0.212 bits per heavy atom. The highest BCUT2D eigenvalue weighted by Gasteiger charge is 2.39. The third kappa shape index (κ3) is 10.6. The third-order valence-corrected chi connectivity index (χ3v) is 19.6. The van der Waals surface area contributed by atoms with E-state index in [4.69, 9.17) is 0 Å². The molecule has 0 spiro atoms. The standard InChI is InChI=1S/C91H62F4N4/c1-91(2)79-55-67(85-87(92)81(96(69-31-7-3-8-32-69)73-45-39-59-23-15-19-27-63(59)51-73)57-82(88(85)93)97(70-33-9-4-10-34-70)74-46-40-60-24-16-20-28-64(60)52-74)43-49-77(79)78-50-44-68(56-80(78)91)86-89(94)83(98(71-35-11-5-12-36-71)75-47-41-61-25-17-21-29-65(61)53-75)58-84(90(86)95)99(72-37-13-6-14-38-72)76-48-42-62-26-18-22-30-66(62)54-76/h3-58H,1-2H3. The molecule has 1 aliphatic rings. The van der Waals surface area contributed by atoms with E-state index in [2.05, 4.69) is 13.8 Å². The van der Waals surface area contributed by atoms with Gasteiger partial charge in [0.25, 0.3) is 0 Å². The first-order valence-corrected chi connectivity index (χ1v) is 33.2. The summed E-state index contributed by atoms with van der Waals surface area (Å²) in [5.41, 5.74) is 8.40. The summed E-state index contributed by atoms with van der Waals surface area (Å²) >= 11 is 0. The highest BCUT2D eigenvalue weighted by molar-refractivity contribution is 5.98. The van der Waals surface area contributed by atoms with Crippen LogP contribution in [0.4, 0.5) is 85.8 Å². The highest BCUT2D eigenvalue weighted by atomic mass is 19.1. The summed E-state index contributed by atoms with van der Waals surface area (Å²) in [7, 11) is 0. The number of nitrogens with zero attached hydrogens (tertiary/aromatic N) is 4. The van der Waals surface area contributed by atoms with Crippen molar-refractivity contribution in [1.82, 2.24) is 0 Å². The number of halogens is 4. The molecule has 17 rings (SSSR count). The SMILES string of the molecule is CC1(C)c2cc(-c3c(F)c(N(c4ccccc4)c4ccc5ccccc5c4)cc(N(c4ccccc4)c4ccc5ccccc5c4)c3F)ccc2-c2ccc(-c3c(F)c(N(c4ccccc4)c4ccc5ccccc5c4)cc(N(c4ccccc4)c4ccc5ccccc5c4)c3F)cc21. The van der Waals surface area contributed by atoms with Crippen LogP contribution < -0.4 is 19.6 Å². The minimum Gasteiger partial charge on any atom is -0.308 e. The fraction of sp³-hybridized carbons (Fsp3) is 0.0330. The van der Waals surface area contributed by atoms with Crippen molar-refractivity contribution in [3.8, 4) is 33.4 Å². The molecule has 0 radical (unpaired) electrons. The van der Waals surface area contributed by atoms with Gasteiger partial charge in [0, 0.05) is 50.9 Å². The third-order valence-electron chi connectivity index (χ3n) is 19.6. The van der Waals surface area contributed by atoms with Crippen LogP contribution in [0.15, 0.2) is 340 Å². The van der Waals surface area contributed by atoms with Crippen molar-refractivity contribution in [2.75, 3.05) is 19.6 Å². The van der Waals surface area contributed by atoms with Crippen LogP contribution in [0.5, 0.6) is 0 Å². The summed E-state index contributed by atoms with van der Waals surface area (Å²) < 4.78 is 76.4. The monoisotopic (exact) mass is 1290 g/mol. The molecule has 0 atom stereocenters. The van der Waals surface area contributed by atoms with Gasteiger partial charge < -0.3 is 19.6 Å². The molecule has 0 amide bonds. The first-order chi connectivity index (χ1) is 48.5. The minimum absolute atomic E-state index is 0.126. The second kappa shape index (κ2) is 24.6. The molecule has 0 fully saturated rings. The van der Waals surface area contributed by atoms with Gasteiger partial charge in [0.15, 0.2) is 23.3 Å². The van der Waals surface area contributed by atoms with Gasteiger partial charge in [-0.1, -0.05) is 232 Å². The molecule has 1 aliphatic carbocycles. The van der Waals surface area contributed by atoms with Crippen molar-refractivity contribution < 1.29 is 17.6 Å². The Labute approximate surface area is 572 Å². The van der Waals surface area contributed by atoms with Crippen molar-refractivity contribution in [2.45, 2.75) is 19.3 Å². The van der Waals surface area contributed by atoms with E-state index in [0.29, 0.717) is 56.6 Å². The number of anilines is 12. The number of para-hydroxylation sites is 4. The lowest BCUT2D eigenvalue weighted by atomic mass is 9.80. The van der Waals surface area contributed by atoms with Crippen LogP contribution in [0, 0.1) is 23.3 Å². The topological polar surface area (TPSA) is 13.0 Å². The second-order valence-electron chi connectivity index (χ2n) is 25.8. The quantitative estimate of drug-likeness (QED) is 0.101. The summed E-state index contributed by atoms with van der Waals surface area (Å²) in [5, 5.41) is 7.87. The van der Waals surface area contributed by atoms with Gasteiger partial charge in [0.05, 0.1) is 33.9 Å². The predicted octanol–water partition coefficient (Wildman–Crippen LogP) is 26.4. The molecule has 0 bridgehead atoms. The van der Waals surface area contributed by atoms with Gasteiger partial charge in [0.2, 0.25) is 0 Å². The molecule has 474 valence electrons. The van der Waals surface area contributed by atoms with Crippen molar-refractivity contribution >= 4 is 111 Å². The molecule has 16 aromatic carbocycles. The summed E-state index contributed by atoms with van der Waals surface area (Å²) in [5.74, 6) is -3.06. The molecule has 16 aromatic rings. The number of benzene rings is 16. The summed E-state index contributed by atoms with van der Waals surface area (Å²) in [4.78, 5) is 7.47. The van der Waals surface area contributed by atoms with Crippen LogP contribution in [-0.4, -0.2) is 0 Å². The zero-order valence-corrected chi connectivity index (χ0v) is 54.1. The molecule has 0 heterocycles. The zero-order chi connectivity index (χ0) is 66.9. The molecular weight excluding hydrogens is 1230 g/mol. The summed E-state index contributed by atoms with van der Waals surface area (Å²) in [6, 6.07) is 109. The van der Waals surface area contributed by atoms with Crippen LogP contribution >= 0.6 is 0 Å². The molecule has 0 saturated carbocycles. The van der Waals surface area contributed by atoms with Gasteiger partial charge in [-0.15, -0.1) is 0 Å². The maximum atomic E-state index is 19.1. The van der Waals surface area contributed by atoms with Crippen LogP contribution in [0.25, 0.3) is 76.5 Å². The van der Waals surface area contributed by atoms with Crippen LogP contribution in [-0.2, 0) is 5.41 Å². The van der Waals surface area contributed by atoms with Crippen molar-refractivity contribution in [1.29, 1.82) is 0 Å². The molecule has 0 unspecified atom stereocenters. The van der Waals surface area contributed by atoms with Crippen LogP contribution in [0.2, 0.25) is 0 Å². The predicted molar refractivity (Wildman–Crippen MR) is 403 cm³/mol. The van der Waals surface area contributed by atoms with Crippen molar-refractivity contribution in [2.24, 2.45) is 0 Å². The number of rotatable bonds is 14. The van der Waals surface area contributed by atoms with E-state index in [1.807, 2.05) is 335 Å². The van der Waals surface area contributed by atoms with E-state index in [0.717, 1.165) is 65.3 Å². The molecule has 0 aliphatic heterocycles. The average molecular weight is 1290 g/mol. The van der Waals surface area contributed by atoms with E-state index < -0.39 is 28.7 Å². The smallest absolute Gasteiger partial charge is 0.158 e. The molecular formula is C91H62F4N4. The minimum atomic E-state index is -0.887. The van der Waals surface area contributed by atoms with Gasteiger partial charge in [-0.2, -0.15) is 0 Å². The zero-order valence-electron chi connectivity index (χ0n) is 54.1. The molecule has 0 N–H and O–H groups in total. The molecule has 8 heteroatoms. The van der Waals surface area contributed by atoms with Gasteiger partial charge in [-0.05, 0) is 198 Å². The first kappa shape index (κ1) is 60.2. The number of hydrogen-bond acceptors (Lipinski definition) is 4. The first-order valence-electron chi connectivity index (χ1n) is 33.2. The van der Waals surface area contributed by atoms with Gasteiger partial charge >= 0.3 is 0 Å². The fourth-order valence-electron chi connectivity index (χ4n) is 14.7. The Morgan fingerprint density at radius 2 is 0.444 bits per heavy atom. The van der Waals surface area contributed by atoms with E-state index >= 15 is 17.6 Å². The molecule has 99 heavy (non-hydrogen) atoms. The lowest BCUT2D eigenvalue weighted by Gasteiger charge is -2.32. The van der Waals surface area contributed by atoms with Crippen molar-refractivity contribution in [3.63, 3.8) is 0 Å². The lowest BCUT2D eigenvalue weighted by molar-refractivity contribution is 0.590. The van der Waals surface area contributed by atoms with E-state index in [1.165, 1.54) is 0 Å². The van der Waals surface area contributed by atoms with Crippen LogP contribution in [0.3, 0.4) is 0 Å². The Kier molecular flexibility index (Phi) is 15.0. The number of hydrogen-bond donors (Lipinski definition) is 0. The van der Waals surface area contributed by atoms with Gasteiger partial charge in [-0.3, -0.25) is 0 Å².